The third-order valence-corrected chi connectivity index (χ3v) is 4.58. The summed E-state index contributed by atoms with van der Waals surface area (Å²) < 4.78 is 28.0. The molecule has 0 aliphatic carbocycles. The van der Waals surface area contributed by atoms with Gasteiger partial charge in [0.2, 0.25) is 5.95 Å². The van der Waals surface area contributed by atoms with Crippen molar-refractivity contribution in [1.29, 1.82) is 0 Å². The van der Waals surface area contributed by atoms with E-state index in [0.717, 1.165) is 6.26 Å². The van der Waals surface area contributed by atoms with Crippen LogP contribution in [0.5, 0.6) is 0 Å². The molecule has 2 heterocycles. The molecule has 9 nitrogen and oxygen atoms in total. The van der Waals surface area contributed by atoms with Crippen LogP contribution in [-0.4, -0.2) is 34.8 Å². The predicted molar refractivity (Wildman–Crippen MR) is 87.6 cm³/mol. The van der Waals surface area contributed by atoms with Crippen molar-refractivity contribution in [2.75, 3.05) is 17.3 Å². The van der Waals surface area contributed by atoms with Crippen LogP contribution >= 0.6 is 11.6 Å². The van der Waals surface area contributed by atoms with E-state index in [2.05, 4.69) is 25.4 Å². The van der Waals surface area contributed by atoms with Crippen LogP contribution in [0, 0.1) is 0 Å². The van der Waals surface area contributed by atoms with Crippen molar-refractivity contribution in [3.8, 4) is 11.5 Å². The molecule has 3 aromatic rings. The molecule has 0 fully saturated rings. The van der Waals surface area contributed by atoms with Gasteiger partial charge in [0.05, 0.1) is 9.92 Å². The molecule has 11 heteroatoms. The lowest BCUT2D eigenvalue weighted by molar-refractivity contribution is 0.430. The van der Waals surface area contributed by atoms with E-state index in [1.54, 1.807) is 6.07 Å². The Balaban J connectivity index is 1.87. The second kappa shape index (κ2) is 6.06. The van der Waals surface area contributed by atoms with Crippen molar-refractivity contribution in [2.24, 2.45) is 0 Å². The molecule has 0 atom stereocenters. The second-order valence-corrected chi connectivity index (χ2v) is 7.17. The van der Waals surface area contributed by atoms with Gasteiger partial charge in [-0.25, -0.2) is 13.4 Å². The average Bonchev–Trinajstić information content (AvgIpc) is 3.00. The summed E-state index contributed by atoms with van der Waals surface area (Å²) in [6, 6.07) is 4.41. The van der Waals surface area contributed by atoms with Gasteiger partial charge in [0.15, 0.2) is 16.2 Å². The molecule has 0 amide bonds. The van der Waals surface area contributed by atoms with Crippen LogP contribution in [0.3, 0.4) is 0 Å². The van der Waals surface area contributed by atoms with Gasteiger partial charge in [-0.1, -0.05) is 16.8 Å². The molecule has 0 bridgehead atoms. The minimum absolute atomic E-state index is 0.0434. The Morgan fingerprint density at radius 3 is 2.67 bits per heavy atom. The molecule has 0 spiro atoms. The quantitative estimate of drug-likeness (QED) is 0.708. The smallest absolute Gasteiger partial charge is 0.262 e. The minimum atomic E-state index is -3.39. The fraction of sp³-hybridized carbons (Fsp3) is 0.0769. The highest BCUT2D eigenvalue weighted by Crippen LogP contribution is 2.27. The monoisotopic (exact) mass is 366 g/mol. The molecule has 2 aromatic heterocycles. The fourth-order valence-electron chi connectivity index (χ4n) is 1.92. The summed E-state index contributed by atoms with van der Waals surface area (Å²) in [5.74, 6) is 0.564. The van der Waals surface area contributed by atoms with Crippen molar-refractivity contribution in [2.45, 2.75) is 4.90 Å². The van der Waals surface area contributed by atoms with Gasteiger partial charge in [0.25, 0.3) is 5.89 Å². The molecule has 0 saturated carbocycles. The molecule has 0 radical (unpaired) electrons. The summed E-state index contributed by atoms with van der Waals surface area (Å²) in [6.07, 6.45) is 3.76. The lowest BCUT2D eigenvalue weighted by Crippen LogP contribution is -2.03. The Kier molecular flexibility index (Phi) is 4.08. The first-order chi connectivity index (χ1) is 11.3. The lowest BCUT2D eigenvalue weighted by atomic mass is 10.3. The van der Waals surface area contributed by atoms with E-state index in [0.29, 0.717) is 11.3 Å². The van der Waals surface area contributed by atoms with Crippen molar-refractivity contribution in [3.05, 3.63) is 35.7 Å². The first kappa shape index (κ1) is 16.1. The van der Waals surface area contributed by atoms with Gasteiger partial charge in [0, 0.05) is 18.1 Å². The Bertz CT molecular complexity index is 991. The Morgan fingerprint density at radius 2 is 2.08 bits per heavy atom. The number of nitrogens with two attached hydrogens (primary N) is 1. The molecule has 0 unspecified atom stereocenters. The van der Waals surface area contributed by atoms with E-state index >= 15 is 0 Å². The number of aromatic nitrogens is 4. The molecule has 0 aliphatic rings. The molecule has 0 aliphatic heterocycles. The van der Waals surface area contributed by atoms with Gasteiger partial charge in [0.1, 0.15) is 11.4 Å². The molecule has 3 rings (SSSR count). The maximum absolute atomic E-state index is 11.6. The van der Waals surface area contributed by atoms with Gasteiger partial charge < -0.3 is 15.6 Å². The largest absolute Gasteiger partial charge is 0.383 e. The summed E-state index contributed by atoms with van der Waals surface area (Å²) in [5.41, 5.74) is 6.77. The summed E-state index contributed by atoms with van der Waals surface area (Å²) in [4.78, 5) is 12.1. The summed E-state index contributed by atoms with van der Waals surface area (Å²) in [5, 5.41) is 6.47. The van der Waals surface area contributed by atoms with Crippen LogP contribution in [-0.2, 0) is 9.84 Å². The Hall–Kier alpha value is -2.72. The SMILES string of the molecule is CS(=O)(=O)c1ccc(Nc2ncc(-c3ncno3)c(N)n2)cc1Cl. The average molecular weight is 367 g/mol. The van der Waals surface area contributed by atoms with Gasteiger partial charge in [-0.3, -0.25) is 0 Å². The highest BCUT2D eigenvalue weighted by atomic mass is 35.5. The minimum Gasteiger partial charge on any atom is -0.383 e. The third-order valence-electron chi connectivity index (χ3n) is 3.00. The van der Waals surface area contributed by atoms with E-state index in [4.69, 9.17) is 21.9 Å². The standard InChI is InChI=1S/C13H11ClN6O3S/c1-24(21,22)10-3-2-7(4-9(10)14)19-13-16-5-8(11(15)20-13)12-17-6-18-23-12/h2-6H,1H3,(H3,15,16,19,20). The maximum atomic E-state index is 11.6. The maximum Gasteiger partial charge on any atom is 0.262 e. The lowest BCUT2D eigenvalue weighted by Gasteiger charge is -2.08. The number of hydrogen-bond donors (Lipinski definition) is 2. The van der Waals surface area contributed by atoms with E-state index in [-0.39, 0.29) is 27.6 Å². The van der Waals surface area contributed by atoms with Crippen molar-refractivity contribution in [1.82, 2.24) is 20.1 Å². The highest BCUT2D eigenvalue weighted by Gasteiger charge is 2.14. The molecule has 124 valence electrons. The Morgan fingerprint density at radius 1 is 1.29 bits per heavy atom. The number of benzene rings is 1. The van der Waals surface area contributed by atoms with E-state index in [9.17, 15) is 8.42 Å². The number of rotatable bonds is 4. The molecular weight excluding hydrogens is 356 g/mol. The van der Waals surface area contributed by atoms with E-state index in [1.807, 2.05) is 0 Å². The number of nitrogens with zero attached hydrogens (tertiary/aromatic N) is 4. The molecule has 3 N–H and O–H groups in total. The number of hydrogen-bond acceptors (Lipinski definition) is 9. The number of nitrogens with one attached hydrogen (secondary N) is 1. The van der Waals surface area contributed by atoms with Crippen LogP contribution < -0.4 is 11.1 Å². The van der Waals surface area contributed by atoms with Crippen molar-refractivity contribution < 1.29 is 12.9 Å². The predicted octanol–water partition coefficient (Wildman–Crippen LogP) is 1.91. The van der Waals surface area contributed by atoms with Gasteiger partial charge in [-0.05, 0) is 18.2 Å². The topological polar surface area (TPSA) is 137 Å². The zero-order valence-electron chi connectivity index (χ0n) is 12.3. The van der Waals surface area contributed by atoms with Crippen molar-refractivity contribution in [3.63, 3.8) is 0 Å². The summed E-state index contributed by atoms with van der Waals surface area (Å²) in [7, 11) is -3.39. The fourth-order valence-corrected chi connectivity index (χ4v) is 3.25. The van der Waals surface area contributed by atoms with Crippen LogP contribution in [0.15, 0.2) is 40.1 Å². The molecule has 24 heavy (non-hydrogen) atoms. The highest BCUT2D eigenvalue weighted by molar-refractivity contribution is 7.90. The Labute approximate surface area is 141 Å². The number of halogens is 1. The molecule has 1 aromatic carbocycles. The van der Waals surface area contributed by atoms with Crippen molar-refractivity contribution >= 4 is 38.9 Å². The van der Waals surface area contributed by atoms with Crippen LogP contribution in [0.1, 0.15) is 0 Å². The zero-order valence-corrected chi connectivity index (χ0v) is 13.8. The zero-order chi connectivity index (χ0) is 17.3. The van der Waals surface area contributed by atoms with Crippen LogP contribution in [0.2, 0.25) is 5.02 Å². The van der Waals surface area contributed by atoms with Crippen LogP contribution in [0.4, 0.5) is 17.5 Å². The van der Waals surface area contributed by atoms with Gasteiger partial charge in [-0.15, -0.1) is 0 Å². The number of anilines is 3. The first-order valence-corrected chi connectivity index (χ1v) is 8.78. The van der Waals surface area contributed by atoms with Gasteiger partial charge >= 0.3 is 0 Å². The van der Waals surface area contributed by atoms with E-state index < -0.39 is 9.84 Å². The summed E-state index contributed by atoms with van der Waals surface area (Å²) >= 11 is 5.99. The number of sulfone groups is 1. The normalized spacial score (nSPS) is 11.4. The third kappa shape index (κ3) is 3.29. The van der Waals surface area contributed by atoms with Crippen LogP contribution in [0.25, 0.3) is 11.5 Å². The first-order valence-electron chi connectivity index (χ1n) is 6.51. The number of nitrogen functional groups attached to an aromatic ring is 1. The van der Waals surface area contributed by atoms with Gasteiger partial charge in [-0.2, -0.15) is 9.97 Å². The molecular formula is C13H11ClN6O3S. The molecule has 0 saturated heterocycles. The van der Waals surface area contributed by atoms with E-state index in [1.165, 1.54) is 24.7 Å². The summed E-state index contributed by atoms with van der Waals surface area (Å²) in [6.45, 7) is 0. The second-order valence-electron chi connectivity index (χ2n) is 4.78.